The van der Waals surface area contributed by atoms with Crippen LogP contribution in [0.15, 0.2) is 36.5 Å². The van der Waals surface area contributed by atoms with Gasteiger partial charge in [0.25, 0.3) is 0 Å². The third-order valence-corrected chi connectivity index (χ3v) is 3.57. The summed E-state index contributed by atoms with van der Waals surface area (Å²) in [6.45, 7) is 7.08. The smallest absolute Gasteiger partial charge is 0.224 e. The highest BCUT2D eigenvalue weighted by Gasteiger charge is 2.07. The summed E-state index contributed by atoms with van der Waals surface area (Å²) in [6, 6.07) is 9.75. The summed E-state index contributed by atoms with van der Waals surface area (Å²) < 4.78 is 0. The van der Waals surface area contributed by atoms with Crippen LogP contribution in [0.25, 0.3) is 0 Å². The van der Waals surface area contributed by atoms with E-state index >= 15 is 0 Å². The normalized spacial score (nSPS) is 10.5. The molecule has 1 N–H and O–H groups in total. The van der Waals surface area contributed by atoms with E-state index in [0.717, 1.165) is 42.3 Å². The number of aromatic nitrogens is 2. The molecule has 2 rings (SSSR count). The zero-order valence-electron chi connectivity index (χ0n) is 13.2. The van der Waals surface area contributed by atoms with Gasteiger partial charge in [0, 0.05) is 30.9 Å². The molecule has 1 heterocycles. The second-order valence-electron chi connectivity index (χ2n) is 5.21. The highest BCUT2D eigenvalue weighted by molar-refractivity contribution is 6.30. The molecule has 0 saturated heterocycles. The van der Waals surface area contributed by atoms with Gasteiger partial charge in [-0.1, -0.05) is 37.6 Å². The maximum Gasteiger partial charge on any atom is 0.224 e. The average Bonchev–Trinajstić information content (AvgIpc) is 2.54. The van der Waals surface area contributed by atoms with E-state index in [4.69, 9.17) is 11.6 Å². The average molecular weight is 319 g/mol. The second-order valence-corrected chi connectivity index (χ2v) is 5.64. The lowest BCUT2D eigenvalue weighted by Gasteiger charge is -2.22. The van der Waals surface area contributed by atoms with Gasteiger partial charge in [0.1, 0.15) is 5.82 Å². The minimum atomic E-state index is 0.657. The molecule has 118 valence electrons. The first-order chi connectivity index (χ1) is 10.7. The number of nitrogens with one attached hydrogen (secondary N) is 1. The first-order valence-electron chi connectivity index (χ1n) is 7.79. The maximum absolute atomic E-state index is 5.89. The van der Waals surface area contributed by atoms with E-state index in [1.807, 2.05) is 36.5 Å². The predicted octanol–water partition coefficient (Wildman–Crippen LogP) is 4.37. The van der Waals surface area contributed by atoms with Crippen molar-refractivity contribution in [2.45, 2.75) is 33.2 Å². The van der Waals surface area contributed by atoms with Crippen molar-refractivity contribution in [2.24, 2.45) is 0 Å². The van der Waals surface area contributed by atoms with Gasteiger partial charge < -0.3 is 10.2 Å². The summed E-state index contributed by atoms with van der Waals surface area (Å²) in [5.74, 6) is 1.64. The molecule has 1 aromatic heterocycles. The molecule has 0 amide bonds. The summed E-state index contributed by atoms with van der Waals surface area (Å²) in [5.41, 5.74) is 1.15. The van der Waals surface area contributed by atoms with Crippen LogP contribution in [0.4, 0.5) is 11.8 Å². The van der Waals surface area contributed by atoms with E-state index in [1.165, 1.54) is 0 Å². The summed E-state index contributed by atoms with van der Waals surface area (Å²) in [5, 5.41) is 4.01. The fourth-order valence-corrected chi connectivity index (χ4v) is 2.40. The molecule has 0 aliphatic carbocycles. The minimum Gasteiger partial charge on any atom is -0.356 e. The first-order valence-corrected chi connectivity index (χ1v) is 8.17. The highest BCUT2D eigenvalue weighted by Crippen LogP contribution is 2.14. The summed E-state index contributed by atoms with van der Waals surface area (Å²) >= 11 is 5.89. The van der Waals surface area contributed by atoms with Gasteiger partial charge >= 0.3 is 0 Å². The van der Waals surface area contributed by atoms with Crippen LogP contribution in [0.5, 0.6) is 0 Å². The molecule has 0 fully saturated rings. The van der Waals surface area contributed by atoms with Crippen LogP contribution in [0.3, 0.4) is 0 Å². The Kier molecular flexibility index (Phi) is 6.46. The molecule has 0 spiro atoms. The van der Waals surface area contributed by atoms with Crippen LogP contribution in [0.1, 0.15) is 32.3 Å². The molecule has 0 atom stereocenters. The van der Waals surface area contributed by atoms with Crippen molar-refractivity contribution in [1.29, 1.82) is 0 Å². The van der Waals surface area contributed by atoms with Crippen LogP contribution in [0, 0.1) is 0 Å². The predicted molar refractivity (Wildman–Crippen MR) is 93.6 cm³/mol. The van der Waals surface area contributed by atoms with E-state index in [2.05, 4.69) is 34.0 Å². The van der Waals surface area contributed by atoms with Crippen LogP contribution >= 0.6 is 11.6 Å². The molecule has 1 aromatic carbocycles. The molecule has 0 unspecified atom stereocenters. The van der Waals surface area contributed by atoms with Crippen molar-refractivity contribution in [3.8, 4) is 0 Å². The standard InChI is InChI=1S/C17H23ClN4/c1-3-11-22(12-4-2)16-9-10-19-17(21-16)20-13-14-5-7-15(18)8-6-14/h5-10H,3-4,11-13H2,1-2H3,(H,19,20,21). The summed E-state index contributed by atoms with van der Waals surface area (Å²) in [6.07, 6.45) is 4.03. The molecule has 0 bridgehead atoms. The number of anilines is 2. The monoisotopic (exact) mass is 318 g/mol. The van der Waals surface area contributed by atoms with Crippen LogP contribution in [0.2, 0.25) is 5.02 Å². The van der Waals surface area contributed by atoms with E-state index < -0.39 is 0 Å². The van der Waals surface area contributed by atoms with Gasteiger partial charge in [-0.05, 0) is 36.6 Å². The molecule has 0 aliphatic heterocycles. The zero-order valence-corrected chi connectivity index (χ0v) is 14.0. The lowest BCUT2D eigenvalue weighted by molar-refractivity contribution is 0.733. The third-order valence-electron chi connectivity index (χ3n) is 3.32. The second kappa shape index (κ2) is 8.59. The summed E-state index contributed by atoms with van der Waals surface area (Å²) in [4.78, 5) is 11.2. The number of benzene rings is 1. The van der Waals surface area contributed by atoms with Gasteiger partial charge in [0.05, 0.1) is 0 Å². The molecule has 5 heteroatoms. The van der Waals surface area contributed by atoms with E-state index in [0.29, 0.717) is 12.5 Å². The molecule has 4 nitrogen and oxygen atoms in total. The Labute approximate surface area is 137 Å². The quantitative estimate of drug-likeness (QED) is 0.784. The van der Waals surface area contributed by atoms with Crippen molar-refractivity contribution in [1.82, 2.24) is 9.97 Å². The van der Waals surface area contributed by atoms with Gasteiger partial charge in [0.15, 0.2) is 0 Å². The third kappa shape index (κ3) is 4.88. The maximum atomic E-state index is 5.89. The fourth-order valence-electron chi connectivity index (χ4n) is 2.27. The highest BCUT2D eigenvalue weighted by atomic mass is 35.5. The largest absolute Gasteiger partial charge is 0.356 e. The number of nitrogens with zero attached hydrogens (tertiary/aromatic N) is 3. The van der Waals surface area contributed by atoms with Gasteiger partial charge in [-0.25, -0.2) is 4.98 Å². The van der Waals surface area contributed by atoms with Crippen molar-refractivity contribution in [2.75, 3.05) is 23.3 Å². The Balaban J connectivity index is 2.02. The van der Waals surface area contributed by atoms with Crippen LogP contribution < -0.4 is 10.2 Å². The lowest BCUT2D eigenvalue weighted by Crippen LogP contribution is -2.26. The van der Waals surface area contributed by atoms with Gasteiger partial charge in [-0.3, -0.25) is 0 Å². The van der Waals surface area contributed by atoms with Crippen LogP contribution in [-0.4, -0.2) is 23.1 Å². The van der Waals surface area contributed by atoms with Gasteiger partial charge in [-0.2, -0.15) is 4.98 Å². The Morgan fingerprint density at radius 3 is 2.36 bits per heavy atom. The fraction of sp³-hybridized carbons (Fsp3) is 0.412. The molecular formula is C17H23ClN4. The molecule has 2 aromatic rings. The first kappa shape index (κ1) is 16.6. The Morgan fingerprint density at radius 2 is 1.73 bits per heavy atom. The van der Waals surface area contributed by atoms with E-state index in [9.17, 15) is 0 Å². The number of halogens is 1. The van der Waals surface area contributed by atoms with Gasteiger partial charge in [-0.15, -0.1) is 0 Å². The molecule has 0 radical (unpaired) electrons. The Morgan fingerprint density at radius 1 is 1.05 bits per heavy atom. The SMILES string of the molecule is CCCN(CCC)c1ccnc(NCc2ccc(Cl)cc2)n1. The van der Waals surface area contributed by atoms with Gasteiger partial charge in [0.2, 0.25) is 5.95 Å². The molecule has 0 saturated carbocycles. The number of rotatable bonds is 8. The molecular weight excluding hydrogens is 296 g/mol. The zero-order chi connectivity index (χ0) is 15.8. The Hall–Kier alpha value is -1.81. The van der Waals surface area contributed by atoms with Crippen molar-refractivity contribution >= 4 is 23.4 Å². The van der Waals surface area contributed by atoms with Crippen LogP contribution in [-0.2, 0) is 6.54 Å². The van der Waals surface area contributed by atoms with Crippen molar-refractivity contribution in [3.63, 3.8) is 0 Å². The van der Waals surface area contributed by atoms with E-state index in [1.54, 1.807) is 0 Å². The lowest BCUT2D eigenvalue weighted by atomic mass is 10.2. The minimum absolute atomic E-state index is 0.657. The number of hydrogen-bond acceptors (Lipinski definition) is 4. The Bertz CT molecular complexity index is 565. The topological polar surface area (TPSA) is 41.1 Å². The number of hydrogen-bond donors (Lipinski definition) is 1. The van der Waals surface area contributed by atoms with Crippen molar-refractivity contribution < 1.29 is 0 Å². The molecule has 0 aliphatic rings. The van der Waals surface area contributed by atoms with E-state index in [-0.39, 0.29) is 0 Å². The van der Waals surface area contributed by atoms with Crippen molar-refractivity contribution in [3.05, 3.63) is 47.1 Å². The summed E-state index contributed by atoms with van der Waals surface area (Å²) in [7, 11) is 0. The molecule has 22 heavy (non-hydrogen) atoms.